The molecule has 0 aromatic heterocycles. The molecule has 0 fully saturated rings. The number of benzene rings is 3. The van der Waals surface area contributed by atoms with Crippen LogP contribution in [0.4, 0.5) is 11.4 Å². The Morgan fingerprint density at radius 2 is 1.67 bits per heavy atom. The van der Waals surface area contributed by atoms with Crippen molar-refractivity contribution in [2.75, 3.05) is 31.0 Å². The molecule has 0 bridgehead atoms. The molecule has 0 atom stereocenters. The Balaban J connectivity index is 1.50. The molecule has 0 radical (unpaired) electrons. The topological polar surface area (TPSA) is 127 Å². The number of hydrogen-bond donors (Lipinski definition) is 3. The molecule has 3 aromatic rings. The molecule has 0 unspecified atom stereocenters. The minimum absolute atomic E-state index is 0.299. The summed E-state index contributed by atoms with van der Waals surface area (Å²) in [5.74, 6) is -0.964. The smallest absolute Gasteiger partial charge is 0.329 e. The summed E-state index contributed by atoms with van der Waals surface area (Å²) in [6.45, 7) is 2.29. The summed E-state index contributed by atoms with van der Waals surface area (Å²) >= 11 is 11.9. The number of ether oxygens (including phenoxy) is 3. The molecule has 10 nitrogen and oxygen atoms in total. The van der Waals surface area contributed by atoms with E-state index in [-0.39, 0.29) is 6.61 Å². The summed E-state index contributed by atoms with van der Waals surface area (Å²) < 4.78 is 16.4. The van der Waals surface area contributed by atoms with Gasteiger partial charge in [0.1, 0.15) is 5.75 Å². The maximum Gasteiger partial charge on any atom is 0.329 e. The molecule has 3 amide bonds. The van der Waals surface area contributed by atoms with Crippen molar-refractivity contribution < 1.29 is 28.6 Å². The largest absolute Gasteiger partial charge is 0.494 e. The van der Waals surface area contributed by atoms with Crippen molar-refractivity contribution in [3.63, 3.8) is 0 Å². The van der Waals surface area contributed by atoms with E-state index >= 15 is 0 Å². The molecule has 12 heteroatoms. The zero-order valence-electron chi connectivity index (χ0n) is 21.1. The third-order valence-corrected chi connectivity index (χ3v) is 5.47. The van der Waals surface area contributed by atoms with Crippen LogP contribution in [0.2, 0.25) is 10.0 Å². The van der Waals surface area contributed by atoms with Crippen LogP contribution >= 0.6 is 23.2 Å². The minimum atomic E-state index is -0.948. The normalized spacial score (nSPS) is 10.6. The number of rotatable bonds is 11. The van der Waals surface area contributed by atoms with Crippen molar-refractivity contribution >= 4 is 58.5 Å². The van der Waals surface area contributed by atoms with Gasteiger partial charge in [-0.25, -0.2) is 5.43 Å². The lowest BCUT2D eigenvalue weighted by atomic mass is 10.2. The first-order valence-electron chi connectivity index (χ1n) is 11.7. The summed E-state index contributed by atoms with van der Waals surface area (Å²) in [6.07, 6.45) is 2.21. The van der Waals surface area contributed by atoms with E-state index in [0.717, 1.165) is 6.42 Å². The monoisotopic (exact) mass is 572 g/mol. The van der Waals surface area contributed by atoms with Gasteiger partial charge in [0.05, 0.1) is 30.6 Å². The van der Waals surface area contributed by atoms with Crippen LogP contribution in [0.3, 0.4) is 0 Å². The highest BCUT2D eigenvalue weighted by Crippen LogP contribution is 2.28. The van der Waals surface area contributed by atoms with Gasteiger partial charge in [-0.15, -0.1) is 0 Å². The number of carbonyl (C=O) groups is 3. The second-order valence-electron chi connectivity index (χ2n) is 7.90. The van der Waals surface area contributed by atoms with Gasteiger partial charge in [0.25, 0.3) is 5.91 Å². The second-order valence-corrected chi connectivity index (χ2v) is 8.74. The molecular weight excluding hydrogens is 547 g/mol. The maximum atomic E-state index is 12.2. The molecule has 0 heterocycles. The zero-order chi connectivity index (χ0) is 28.2. The number of hydrogen-bond acceptors (Lipinski definition) is 7. The number of nitrogens with zero attached hydrogens (tertiary/aromatic N) is 1. The molecule has 0 saturated heterocycles. The van der Waals surface area contributed by atoms with Gasteiger partial charge in [-0.2, -0.15) is 5.10 Å². The first-order chi connectivity index (χ1) is 18.8. The number of methoxy groups -OCH3 is 1. The highest BCUT2D eigenvalue weighted by Gasteiger charge is 2.13. The lowest BCUT2D eigenvalue weighted by molar-refractivity contribution is -0.136. The highest BCUT2D eigenvalue weighted by molar-refractivity contribution is 6.39. The lowest BCUT2D eigenvalue weighted by Crippen LogP contribution is -2.32. The summed E-state index contributed by atoms with van der Waals surface area (Å²) in [5, 5.41) is 9.67. The fraction of sp³-hybridized carbons (Fsp3) is 0.185. The predicted molar refractivity (Wildman–Crippen MR) is 150 cm³/mol. The molecule has 39 heavy (non-hydrogen) atoms. The average molecular weight is 573 g/mol. The van der Waals surface area contributed by atoms with E-state index in [4.69, 9.17) is 37.4 Å². The van der Waals surface area contributed by atoms with E-state index in [2.05, 4.69) is 21.2 Å². The molecule has 3 aromatic carbocycles. The Labute approximate surface area is 235 Å². The molecule has 204 valence electrons. The van der Waals surface area contributed by atoms with E-state index < -0.39 is 17.7 Å². The zero-order valence-corrected chi connectivity index (χ0v) is 22.6. The van der Waals surface area contributed by atoms with E-state index in [1.165, 1.54) is 19.4 Å². The fourth-order valence-corrected chi connectivity index (χ4v) is 3.52. The van der Waals surface area contributed by atoms with Gasteiger partial charge >= 0.3 is 11.8 Å². The van der Waals surface area contributed by atoms with Crippen LogP contribution in [0, 0.1) is 0 Å². The van der Waals surface area contributed by atoms with Crippen LogP contribution in [0.15, 0.2) is 65.8 Å². The van der Waals surface area contributed by atoms with Crippen molar-refractivity contribution in [3.05, 3.63) is 76.3 Å². The maximum absolute atomic E-state index is 12.2. The molecule has 0 aliphatic heterocycles. The van der Waals surface area contributed by atoms with Crippen LogP contribution in [-0.2, 0) is 14.4 Å². The molecule has 0 aliphatic carbocycles. The highest BCUT2D eigenvalue weighted by atomic mass is 35.5. The Morgan fingerprint density at radius 1 is 0.897 bits per heavy atom. The number of anilines is 2. The SMILES string of the molecule is CCCOc1ccc(NC(=O)C(=O)N/N=C\c2ccc(OCC(=O)Nc3ccc(Cl)cc3Cl)c(OC)c2)cc1. The number of hydrazone groups is 1. The van der Waals surface area contributed by atoms with Crippen LogP contribution < -0.4 is 30.3 Å². The molecule has 0 aliphatic rings. The van der Waals surface area contributed by atoms with Gasteiger partial charge in [0.15, 0.2) is 18.1 Å². The van der Waals surface area contributed by atoms with Crippen molar-refractivity contribution in [2.45, 2.75) is 13.3 Å². The summed E-state index contributed by atoms with van der Waals surface area (Å²) in [4.78, 5) is 36.5. The van der Waals surface area contributed by atoms with Crippen molar-refractivity contribution in [1.82, 2.24) is 5.43 Å². The van der Waals surface area contributed by atoms with E-state index in [1.54, 1.807) is 54.6 Å². The van der Waals surface area contributed by atoms with Gasteiger partial charge in [-0.1, -0.05) is 30.1 Å². The van der Waals surface area contributed by atoms with Crippen molar-refractivity contribution in [1.29, 1.82) is 0 Å². The Kier molecular flexibility index (Phi) is 11.0. The first kappa shape index (κ1) is 29.3. The number of carbonyl (C=O) groups excluding carboxylic acids is 3. The molecular formula is C27H26Cl2N4O6. The molecule has 0 saturated carbocycles. The van der Waals surface area contributed by atoms with Gasteiger partial charge in [0.2, 0.25) is 0 Å². The van der Waals surface area contributed by atoms with E-state index in [1.807, 2.05) is 6.92 Å². The molecule has 0 spiro atoms. The van der Waals surface area contributed by atoms with Gasteiger partial charge in [-0.05, 0) is 72.6 Å². The van der Waals surface area contributed by atoms with Crippen LogP contribution in [0.5, 0.6) is 17.2 Å². The third-order valence-electron chi connectivity index (χ3n) is 4.92. The minimum Gasteiger partial charge on any atom is -0.494 e. The van der Waals surface area contributed by atoms with Gasteiger partial charge < -0.3 is 24.8 Å². The summed E-state index contributed by atoms with van der Waals surface area (Å²) in [7, 11) is 1.44. The van der Waals surface area contributed by atoms with E-state index in [9.17, 15) is 14.4 Å². The number of amides is 3. The third kappa shape index (κ3) is 9.20. The van der Waals surface area contributed by atoms with E-state index in [0.29, 0.717) is 50.8 Å². The standard InChI is InChI=1S/C27H26Cl2N4O6/c1-3-12-38-20-8-6-19(7-9-20)31-26(35)27(36)33-30-15-17-4-11-23(24(13-17)37-2)39-16-25(34)32-22-10-5-18(28)14-21(22)29/h4-11,13-15H,3,12,16H2,1-2H3,(H,31,35)(H,32,34)(H,33,36)/b30-15-. The molecule has 3 rings (SSSR count). The van der Waals surface area contributed by atoms with Gasteiger partial charge in [-0.3, -0.25) is 14.4 Å². The Bertz CT molecular complexity index is 1350. The molecule has 3 N–H and O–H groups in total. The number of nitrogens with one attached hydrogen (secondary N) is 3. The summed E-state index contributed by atoms with van der Waals surface area (Å²) in [5.41, 5.74) is 3.55. The van der Waals surface area contributed by atoms with Crippen molar-refractivity contribution in [2.24, 2.45) is 5.10 Å². The average Bonchev–Trinajstić information content (AvgIpc) is 2.93. The van der Waals surface area contributed by atoms with Crippen LogP contribution in [0.1, 0.15) is 18.9 Å². The summed E-state index contributed by atoms with van der Waals surface area (Å²) in [6, 6.07) is 16.1. The fourth-order valence-electron chi connectivity index (χ4n) is 3.06. The van der Waals surface area contributed by atoms with Crippen molar-refractivity contribution in [3.8, 4) is 17.2 Å². The lowest BCUT2D eigenvalue weighted by Gasteiger charge is -2.12. The van der Waals surface area contributed by atoms with Gasteiger partial charge in [0, 0.05) is 10.7 Å². The number of halogens is 2. The quantitative estimate of drug-likeness (QED) is 0.170. The second kappa shape index (κ2) is 14.6. The van der Waals surface area contributed by atoms with Crippen LogP contribution in [-0.4, -0.2) is 44.3 Å². The Hall–Kier alpha value is -4.28. The predicted octanol–water partition coefficient (Wildman–Crippen LogP) is 4.90. The van der Waals surface area contributed by atoms with Crippen LogP contribution in [0.25, 0.3) is 0 Å². The Morgan fingerprint density at radius 3 is 2.36 bits per heavy atom. The first-order valence-corrected chi connectivity index (χ1v) is 12.5.